The molecule has 19 heavy (non-hydrogen) atoms. The van der Waals surface area contributed by atoms with Crippen LogP contribution >= 0.6 is 0 Å². The Morgan fingerprint density at radius 2 is 2.00 bits per heavy atom. The van der Waals surface area contributed by atoms with Crippen molar-refractivity contribution in [2.24, 2.45) is 5.73 Å². The first-order valence-corrected chi connectivity index (χ1v) is 8.45. The van der Waals surface area contributed by atoms with Crippen molar-refractivity contribution in [3.8, 4) is 0 Å². The Morgan fingerprint density at radius 1 is 1.42 bits per heavy atom. The van der Waals surface area contributed by atoms with Gasteiger partial charge in [0.25, 0.3) is 5.91 Å². The highest BCUT2D eigenvalue weighted by atomic mass is 32.2. The molecule has 0 aromatic rings. The van der Waals surface area contributed by atoms with Gasteiger partial charge >= 0.3 is 0 Å². The average molecular weight is 292 g/mol. The highest BCUT2D eigenvalue weighted by Crippen LogP contribution is 2.22. The third-order valence-electron chi connectivity index (χ3n) is 3.96. The molecule has 6 nitrogen and oxygen atoms in total. The quantitative estimate of drug-likeness (QED) is 0.756. The summed E-state index contributed by atoms with van der Waals surface area (Å²) in [6.07, 6.45) is 2.04. The highest BCUT2D eigenvalue weighted by molar-refractivity contribution is 7.91. The fourth-order valence-electron chi connectivity index (χ4n) is 2.16. The number of hydrogen-bond acceptors (Lipinski definition) is 5. The zero-order valence-electron chi connectivity index (χ0n) is 12.0. The van der Waals surface area contributed by atoms with Crippen molar-refractivity contribution in [3.63, 3.8) is 0 Å². The van der Waals surface area contributed by atoms with Gasteiger partial charge in [-0.1, -0.05) is 0 Å². The van der Waals surface area contributed by atoms with Crippen LogP contribution in [0.2, 0.25) is 0 Å². The monoisotopic (exact) mass is 292 g/mol. The van der Waals surface area contributed by atoms with Gasteiger partial charge in [0.05, 0.1) is 11.4 Å². The lowest BCUT2D eigenvalue weighted by Crippen LogP contribution is -2.48. The highest BCUT2D eigenvalue weighted by Gasteiger charge is 2.35. The molecule has 112 valence electrons. The first-order chi connectivity index (χ1) is 8.68. The third kappa shape index (κ3) is 3.90. The Labute approximate surface area is 115 Å². The van der Waals surface area contributed by atoms with Crippen LogP contribution in [0.1, 0.15) is 26.7 Å². The first kappa shape index (κ1) is 16.4. The number of amides is 1. The van der Waals surface area contributed by atoms with Crippen molar-refractivity contribution in [1.29, 1.82) is 0 Å². The van der Waals surface area contributed by atoms with E-state index in [0.717, 1.165) is 6.42 Å². The van der Waals surface area contributed by atoms with Crippen molar-refractivity contribution in [3.05, 3.63) is 0 Å². The molecule has 1 amide bonds. The van der Waals surface area contributed by atoms with E-state index >= 15 is 0 Å². The Kier molecular flexibility index (Phi) is 5.34. The molecule has 0 spiro atoms. The summed E-state index contributed by atoms with van der Waals surface area (Å²) >= 11 is 0. The summed E-state index contributed by atoms with van der Waals surface area (Å²) in [5.74, 6) is -0.168. The van der Waals surface area contributed by atoms with Crippen LogP contribution in [0, 0.1) is 0 Å². The van der Waals surface area contributed by atoms with Crippen molar-refractivity contribution >= 4 is 15.7 Å². The average Bonchev–Trinajstić information content (AvgIpc) is 2.82. The number of nitrogens with two attached hydrogens (primary N) is 1. The largest absolute Gasteiger partial charge is 0.364 e. The summed E-state index contributed by atoms with van der Waals surface area (Å²) in [6.45, 7) is 3.75. The van der Waals surface area contributed by atoms with Gasteiger partial charge in [0.15, 0.2) is 9.84 Å². The molecule has 4 atom stereocenters. The van der Waals surface area contributed by atoms with Gasteiger partial charge in [-0.2, -0.15) is 0 Å². The van der Waals surface area contributed by atoms with E-state index in [1.165, 1.54) is 11.2 Å². The lowest BCUT2D eigenvalue weighted by atomic mass is 10.1. The molecule has 0 radical (unpaired) electrons. The number of sulfone groups is 1. The smallest absolute Gasteiger partial charge is 0.251 e. The summed E-state index contributed by atoms with van der Waals surface area (Å²) < 4.78 is 28.6. The van der Waals surface area contributed by atoms with Crippen LogP contribution < -0.4 is 5.73 Å². The van der Waals surface area contributed by atoms with E-state index in [2.05, 4.69) is 0 Å². The summed E-state index contributed by atoms with van der Waals surface area (Å²) in [7, 11) is -1.56. The number of likely N-dealkylation sites (N-methyl/N-ethyl adjacent to an activating group) is 1. The molecular weight excluding hydrogens is 268 g/mol. The maximum absolute atomic E-state index is 12.2. The molecular formula is C12H24N2O4S. The van der Waals surface area contributed by atoms with Crippen LogP contribution in [0.5, 0.6) is 0 Å². The molecule has 0 saturated carbocycles. The summed E-state index contributed by atoms with van der Waals surface area (Å²) in [6, 6.07) is -0.386. The van der Waals surface area contributed by atoms with Gasteiger partial charge in [0.1, 0.15) is 6.10 Å². The van der Waals surface area contributed by atoms with Crippen LogP contribution in [0.15, 0.2) is 0 Å². The molecule has 1 aliphatic rings. The number of ether oxygens (including phenoxy) is 1. The Hall–Kier alpha value is -0.660. The van der Waals surface area contributed by atoms with Crippen molar-refractivity contribution in [2.45, 2.75) is 50.2 Å². The molecule has 0 bridgehead atoms. The number of hydrogen-bond donors (Lipinski definition) is 1. The molecule has 0 aromatic carbocycles. The second kappa shape index (κ2) is 6.19. The van der Waals surface area contributed by atoms with E-state index in [0.29, 0.717) is 13.0 Å². The van der Waals surface area contributed by atoms with E-state index in [1.807, 2.05) is 0 Å². The Bertz CT molecular complexity index is 423. The maximum Gasteiger partial charge on any atom is 0.251 e. The van der Waals surface area contributed by atoms with Crippen molar-refractivity contribution in [1.82, 2.24) is 4.90 Å². The molecule has 7 heteroatoms. The van der Waals surface area contributed by atoms with E-state index in [9.17, 15) is 13.2 Å². The number of nitrogens with zero attached hydrogens (tertiary/aromatic N) is 1. The van der Waals surface area contributed by atoms with E-state index < -0.39 is 21.2 Å². The summed E-state index contributed by atoms with van der Waals surface area (Å²) in [4.78, 5) is 13.7. The van der Waals surface area contributed by atoms with Gasteiger partial charge < -0.3 is 15.4 Å². The molecule has 2 N–H and O–H groups in total. The fraction of sp³-hybridized carbons (Fsp3) is 0.917. The van der Waals surface area contributed by atoms with Gasteiger partial charge in [0.2, 0.25) is 0 Å². The second-order valence-electron chi connectivity index (χ2n) is 5.28. The minimum Gasteiger partial charge on any atom is -0.364 e. The third-order valence-corrected chi connectivity index (χ3v) is 5.70. The Balaban J connectivity index is 2.67. The van der Waals surface area contributed by atoms with Gasteiger partial charge in [-0.25, -0.2) is 8.42 Å². The molecule has 1 saturated heterocycles. The number of carbonyl (C=O) groups is 1. The maximum atomic E-state index is 12.2. The summed E-state index contributed by atoms with van der Waals surface area (Å²) in [5.41, 5.74) is 5.51. The zero-order valence-corrected chi connectivity index (χ0v) is 12.8. The standard InChI is InChI=1S/C12H24N2O4S/c1-8(9(2)19(4,16)17)14(3)12(15)11-6-5-10(7-13)18-11/h8-11H,5-7,13H2,1-4H3/t8?,9?,10-,11+/m1/s1. The van der Waals surface area contributed by atoms with Gasteiger partial charge in [0, 0.05) is 25.9 Å². The van der Waals surface area contributed by atoms with Crippen molar-refractivity contribution in [2.75, 3.05) is 19.8 Å². The minimum absolute atomic E-state index is 0.0648. The van der Waals surface area contributed by atoms with Gasteiger partial charge in [-0.05, 0) is 26.7 Å². The molecule has 1 rings (SSSR count). The lowest BCUT2D eigenvalue weighted by molar-refractivity contribution is -0.143. The van der Waals surface area contributed by atoms with Crippen LogP contribution in [-0.4, -0.2) is 62.6 Å². The van der Waals surface area contributed by atoms with Gasteiger partial charge in [-0.3, -0.25) is 4.79 Å². The van der Waals surface area contributed by atoms with E-state index in [4.69, 9.17) is 10.5 Å². The predicted molar refractivity (Wildman–Crippen MR) is 73.5 cm³/mol. The fourth-order valence-corrected chi connectivity index (χ4v) is 3.06. The second-order valence-corrected chi connectivity index (χ2v) is 7.69. The van der Waals surface area contributed by atoms with Crippen LogP contribution in [-0.2, 0) is 19.4 Å². The summed E-state index contributed by atoms with van der Waals surface area (Å²) in [5, 5.41) is -0.604. The SMILES string of the molecule is CC(C(C)S(C)(=O)=O)N(C)C(=O)[C@@H]1CC[C@H](CN)O1. The number of rotatable bonds is 5. The lowest BCUT2D eigenvalue weighted by Gasteiger charge is -2.30. The zero-order chi connectivity index (χ0) is 14.8. The van der Waals surface area contributed by atoms with Gasteiger partial charge in [-0.15, -0.1) is 0 Å². The normalized spacial score (nSPS) is 27.0. The van der Waals surface area contributed by atoms with Crippen LogP contribution in [0.4, 0.5) is 0 Å². The van der Waals surface area contributed by atoms with Crippen LogP contribution in [0.25, 0.3) is 0 Å². The van der Waals surface area contributed by atoms with E-state index in [-0.39, 0.29) is 18.1 Å². The Morgan fingerprint density at radius 3 is 2.42 bits per heavy atom. The van der Waals surface area contributed by atoms with E-state index in [1.54, 1.807) is 20.9 Å². The van der Waals surface area contributed by atoms with Crippen molar-refractivity contribution < 1.29 is 17.9 Å². The number of carbonyl (C=O) groups excluding carboxylic acids is 1. The predicted octanol–water partition coefficient (Wildman–Crippen LogP) is -0.227. The molecule has 0 aromatic heterocycles. The molecule has 1 aliphatic heterocycles. The molecule has 2 unspecified atom stereocenters. The topological polar surface area (TPSA) is 89.7 Å². The molecule has 1 heterocycles. The first-order valence-electron chi connectivity index (χ1n) is 6.49. The molecule has 0 aliphatic carbocycles. The molecule has 1 fully saturated rings. The minimum atomic E-state index is -3.17. The van der Waals surface area contributed by atoms with Crippen LogP contribution in [0.3, 0.4) is 0 Å².